The van der Waals surface area contributed by atoms with Crippen LogP contribution in [-0.4, -0.2) is 9.97 Å². The monoisotopic (exact) mass is 416 g/mol. The first kappa shape index (κ1) is 18.4. The van der Waals surface area contributed by atoms with E-state index >= 15 is 0 Å². The van der Waals surface area contributed by atoms with E-state index in [2.05, 4.69) is 24.1 Å². The van der Waals surface area contributed by atoms with Crippen LogP contribution in [0, 0.1) is 0 Å². The second-order valence-electron chi connectivity index (χ2n) is 6.58. The Morgan fingerprint density at radius 3 is 2.59 bits per heavy atom. The Morgan fingerprint density at radius 2 is 1.89 bits per heavy atom. The van der Waals surface area contributed by atoms with Gasteiger partial charge in [0.25, 0.3) is 5.56 Å². The van der Waals surface area contributed by atoms with Crippen molar-refractivity contribution in [2.24, 2.45) is 0 Å². The Labute approximate surface area is 169 Å². The van der Waals surface area contributed by atoms with Crippen LogP contribution in [0.15, 0.2) is 52.0 Å². The molecule has 0 amide bonds. The predicted molar refractivity (Wildman–Crippen MR) is 114 cm³/mol. The molecule has 0 fully saturated rings. The fraction of sp³-hybridized carbons (Fsp3) is 0.200. The molecule has 0 saturated carbocycles. The molecule has 4 aromatic rings. The van der Waals surface area contributed by atoms with Crippen LogP contribution in [0.4, 0.5) is 0 Å². The second kappa shape index (κ2) is 7.56. The number of hydrogen-bond donors (Lipinski definition) is 2. The van der Waals surface area contributed by atoms with E-state index in [4.69, 9.17) is 16.6 Å². The Balaban J connectivity index is 1.62. The highest BCUT2D eigenvalue weighted by atomic mass is 35.5. The number of nitrogens with one attached hydrogen (secondary N) is 1. The molecule has 3 N–H and O–H groups in total. The van der Waals surface area contributed by atoms with E-state index in [1.807, 2.05) is 47.2 Å². The Kier molecular flexibility index (Phi) is 5.14. The summed E-state index contributed by atoms with van der Waals surface area (Å²) in [6.45, 7) is 4.20. The topological polar surface area (TPSA) is 62.4 Å². The van der Waals surface area contributed by atoms with Gasteiger partial charge in [-0.15, -0.1) is 22.7 Å². The number of aromatic amines is 1. The first-order chi connectivity index (χ1) is 13.0. The maximum absolute atomic E-state index is 12.8. The summed E-state index contributed by atoms with van der Waals surface area (Å²) in [5.41, 5.74) is 2.08. The van der Waals surface area contributed by atoms with Gasteiger partial charge in [0, 0.05) is 26.4 Å². The Bertz CT molecular complexity index is 1120. The molecule has 0 saturated heterocycles. The number of rotatable bonds is 5. The molecule has 3 aromatic heterocycles. The summed E-state index contributed by atoms with van der Waals surface area (Å²) in [6.07, 6.45) is 0. The number of benzene rings is 1. The van der Waals surface area contributed by atoms with Crippen LogP contribution in [-0.2, 0) is 0 Å². The van der Waals surface area contributed by atoms with Crippen molar-refractivity contribution >= 4 is 44.5 Å². The van der Waals surface area contributed by atoms with E-state index in [-0.39, 0.29) is 17.6 Å². The summed E-state index contributed by atoms with van der Waals surface area (Å²) in [5.74, 6) is 0.702. The van der Waals surface area contributed by atoms with Gasteiger partial charge in [0.1, 0.15) is 16.9 Å². The average molecular weight is 417 g/mol. The lowest BCUT2D eigenvalue weighted by Gasteiger charge is -2.16. The maximum atomic E-state index is 12.8. The van der Waals surface area contributed by atoms with Crippen LogP contribution < -0.4 is 10.9 Å². The third-order valence-electron chi connectivity index (χ3n) is 4.65. The third kappa shape index (κ3) is 3.71. The molecule has 0 unspecified atom stereocenters. The molecule has 1 aromatic carbocycles. The molecule has 3 heterocycles. The van der Waals surface area contributed by atoms with Crippen molar-refractivity contribution in [1.82, 2.24) is 9.97 Å². The van der Waals surface area contributed by atoms with Gasteiger partial charge >= 0.3 is 0 Å². The molecule has 0 radical (unpaired) electrons. The number of hydrogen-bond acceptors (Lipinski definition) is 4. The molecule has 0 aliphatic heterocycles. The normalized spacial score (nSPS) is 13.7. The van der Waals surface area contributed by atoms with E-state index in [9.17, 15) is 4.79 Å². The molecule has 0 aliphatic rings. The Hall–Kier alpha value is -1.99. The van der Waals surface area contributed by atoms with E-state index < -0.39 is 0 Å². The number of nitrogens with two attached hydrogens (primary N) is 1. The number of fused-ring (bicyclic) bond motifs is 1. The quantitative estimate of drug-likeness (QED) is 0.493. The minimum absolute atomic E-state index is 0.0278. The lowest BCUT2D eigenvalue weighted by molar-refractivity contribution is -0.729. The standard InChI is InChI=1S/C20H18ClN3OS2/c1-11(13-5-7-14(21)8-6-13)22-12(2)18-23-19(25)17-15(10-27-20(17)24-18)16-4-3-9-26-16/h3-12,22H,1-2H3,(H,23,24,25)/p+1/t11-,12-/m0/s1. The van der Waals surface area contributed by atoms with Gasteiger partial charge in [0.2, 0.25) is 0 Å². The molecule has 2 atom stereocenters. The van der Waals surface area contributed by atoms with Crippen LogP contribution in [0.2, 0.25) is 5.02 Å². The smallest absolute Gasteiger partial charge is 0.260 e. The van der Waals surface area contributed by atoms with Gasteiger partial charge in [-0.3, -0.25) is 4.79 Å². The number of halogens is 1. The molecule has 7 heteroatoms. The molecule has 0 aliphatic carbocycles. The molecular weight excluding hydrogens is 398 g/mol. The summed E-state index contributed by atoms with van der Waals surface area (Å²) < 4.78 is 0. The zero-order chi connectivity index (χ0) is 19.0. The van der Waals surface area contributed by atoms with Crippen molar-refractivity contribution in [3.8, 4) is 10.4 Å². The minimum Gasteiger partial charge on any atom is -0.332 e. The number of nitrogens with zero attached hydrogens (tertiary/aromatic N) is 1. The summed E-state index contributed by atoms with van der Waals surface area (Å²) in [7, 11) is 0. The van der Waals surface area contributed by atoms with Crippen molar-refractivity contribution < 1.29 is 5.32 Å². The average Bonchev–Trinajstić information content (AvgIpc) is 3.31. The van der Waals surface area contributed by atoms with Gasteiger partial charge in [-0.25, -0.2) is 4.98 Å². The van der Waals surface area contributed by atoms with Crippen LogP contribution >= 0.6 is 34.3 Å². The summed E-state index contributed by atoms with van der Waals surface area (Å²) in [4.78, 5) is 22.4. The van der Waals surface area contributed by atoms with Gasteiger partial charge in [0.15, 0.2) is 5.82 Å². The fourth-order valence-corrected chi connectivity index (χ4v) is 5.09. The van der Waals surface area contributed by atoms with E-state index in [0.717, 1.165) is 20.3 Å². The molecule has 4 nitrogen and oxygen atoms in total. The number of thiophene rings is 2. The van der Waals surface area contributed by atoms with Crippen LogP contribution in [0.5, 0.6) is 0 Å². The maximum Gasteiger partial charge on any atom is 0.260 e. The highest BCUT2D eigenvalue weighted by molar-refractivity contribution is 7.18. The van der Waals surface area contributed by atoms with Gasteiger partial charge in [-0.2, -0.15) is 0 Å². The first-order valence-corrected chi connectivity index (χ1v) is 10.8. The van der Waals surface area contributed by atoms with Crippen LogP contribution in [0.25, 0.3) is 20.7 Å². The molecule has 4 rings (SSSR count). The number of quaternary nitrogens is 1. The zero-order valence-corrected chi connectivity index (χ0v) is 17.3. The predicted octanol–water partition coefficient (Wildman–Crippen LogP) is 4.75. The first-order valence-electron chi connectivity index (χ1n) is 8.68. The highest BCUT2D eigenvalue weighted by Gasteiger charge is 2.20. The van der Waals surface area contributed by atoms with Gasteiger partial charge in [0.05, 0.1) is 5.39 Å². The third-order valence-corrected chi connectivity index (χ3v) is 6.68. The van der Waals surface area contributed by atoms with Crippen LogP contribution in [0.1, 0.15) is 37.3 Å². The second-order valence-corrected chi connectivity index (χ2v) is 8.82. The van der Waals surface area contributed by atoms with Crippen molar-refractivity contribution in [3.63, 3.8) is 0 Å². The van der Waals surface area contributed by atoms with Gasteiger partial charge < -0.3 is 10.3 Å². The number of aromatic nitrogens is 2. The van der Waals surface area contributed by atoms with Crippen molar-refractivity contribution in [3.05, 3.63) is 73.9 Å². The number of H-pyrrole nitrogens is 1. The molecule has 0 bridgehead atoms. The van der Waals surface area contributed by atoms with Crippen molar-refractivity contribution in [2.45, 2.75) is 25.9 Å². The Morgan fingerprint density at radius 1 is 1.11 bits per heavy atom. The fourth-order valence-electron chi connectivity index (χ4n) is 3.20. The van der Waals surface area contributed by atoms with Gasteiger partial charge in [-0.05, 0) is 37.4 Å². The minimum atomic E-state index is -0.0703. The van der Waals surface area contributed by atoms with Gasteiger partial charge in [-0.1, -0.05) is 29.8 Å². The molecule has 138 valence electrons. The largest absolute Gasteiger partial charge is 0.332 e. The molecule has 0 spiro atoms. The molecular formula is C20H19ClN3OS2+. The van der Waals surface area contributed by atoms with E-state index in [0.29, 0.717) is 11.2 Å². The summed E-state index contributed by atoms with van der Waals surface area (Å²) >= 11 is 9.13. The van der Waals surface area contributed by atoms with Crippen molar-refractivity contribution in [1.29, 1.82) is 0 Å². The summed E-state index contributed by atoms with van der Waals surface area (Å²) in [6, 6.07) is 12.1. The van der Waals surface area contributed by atoms with E-state index in [1.54, 1.807) is 11.3 Å². The SMILES string of the molecule is C[C@H]([NH2+][C@@H](C)c1nc2scc(-c3cccs3)c2c(=O)[nH]1)c1ccc(Cl)cc1. The summed E-state index contributed by atoms with van der Waals surface area (Å²) in [5, 5.41) is 7.65. The zero-order valence-electron chi connectivity index (χ0n) is 14.9. The van der Waals surface area contributed by atoms with Crippen molar-refractivity contribution in [2.75, 3.05) is 0 Å². The molecule has 27 heavy (non-hydrogen) atoms. The lowest BCUT2D eigenvalue weighted by atomic mass is 10.1. The highest BCUT2D eigenvalue weighted by Crippen LogP contribution is 2.33. The lowest BCUT2D eigenvalue weighted by Crippen LogP contribution is -2.85. The van der Waals surface area contributed by atoms with Crippen LogP contribution in [0.3, 0.4) is 0 Å². The van der Waals surface area contributed by atoms with E-state index in [1.165, 1.54) is 16.9 Å².